The summed E-state index contributed by atoms with van der Waals surface area (Å²) in [6, 6.07) is 16.0. The molecule has 0 aliphatic heterocycles. The molecule has 0 radical (unpaired) electrons. The third-order valence-corrected chi connectivity index (χ3v) is 6.98. The quantitative estimate of drug-likeness (QED) is 0.411. The molecule has 0 atom stereocenters. The molecular formula is C28H33NO4. The smallest absolute Gasteiger partial charge is 0.339 e. The molecule has 0 heterocycles. The van der Waals surface area contributed by atoms with E-state index in [9.17, 15) is 14.4 Å². The minimum atomic E-state index is -0.629. The zero-order chi connectivity index (χ0) is 23.0. The second kappa shape index (κ2) is 11.3. The van der Waals surface area contributed by atoms with Crippen LogP contribution in [0.5, 0.6) is 0 Å². The van der Waals surface area contributed by atoms with Gasteiger partial charge in [-0.15, -0.1) is 0 Å². The monoisotopic (exact) mass is 447 g/mol. The average Bonchev–Trinajstić information content (AvgIpc) is 2.89. The van der Waals surface area contributed by atoms with Crippen molar-refractivity contribution in [3.8, 4) is 0 Å². The van der Waals surface area contributed by atoms with Crippen molar-refractivity contribution in [1.82, 2.24) is 4.90 Å². The van der Waals surface area contributed by atoms with Crippen LogP contribution in [0.1, 0.15) is 90.5 Å². The van der Waals surface area contributed by atoms with Crippen LogP contribution in [0.4, 0.5) is 0 Å². The molecule has 0 aromatic heterocycles. The van der Waals surface area contributed by atoms with E-state index in [-0.39, 0.29) is 41.5 Å². The molecule has 2 aromatic carbocycles. The highest BCUT2D eigenvalue weighted by molar-refractivity contribution is 6.14. The molecule has 1 amide bonds. The maximum absolute atomic E-state index is 13.3. The van der Waals surface area contributed by atoms with E-state index in [4.69, 9.17) is 4.74 Å². The number of amides is 1. The van der Waals surface area contributed by atoms with Gasteiger partial charge in [-0.25, -0.2) is 4.79 Å². The lowest BCUT2D eigenvalue weighted by molar-refractivity contribution is -0.141. The third kappa shape index (κ3) is 5.70. The van der Waals surface area contributed by atoms with Crippen LogP contribution in [0.15, 0.2) is 54.6 Å². The SMILES string of the molecule is O=C(OCC(=O)N(C1CCCCC1)C1CCCCC1)c1ccccc1C(=O)c1ccccc1. The number of benzene rings is 2. The van der Waals surface area contributed by atoms with Crippen LogP contribution in [0, 0.1) is 0 Å². The summed E-state index contributed by atoms with van der Waals surface area (Å²) in [4.78, 5) is 41.2. The molecule has 174 valence electrons. The fraction of sp³-hybridized carbons (Fsp3) is 0.464. The average molecular weight is 448 g/mol. The lowest BCUT2D eigenvalue weighted by Crippen LogP contribution is -2.50. The van der Waals surface area contributed by atoms with Crippen molar-refractivity contribution in [1.29, 1.82) is 0 Å². The number of rotatable bonds is 7. The maximum Gasteiger partial charge on any atom is 0.339 e. The van der Waals surface area contributed by atoms with Crippen LogP contribution in [0.25, 0.3) is 0 Å². The molecule has 0 bridgehead atoms. The molecule has 0 N–H and O–H groups in total. The third-order valence-electron chi connectivity index (χ3n) is 6.98. The molecular weight excluding hydrogens is 414 g/mol. The second-order valence-corrected chi connectivity index (χ2v) is 9.20. The Labute approximate surface area is 196 Å². The molecule has 0 spiro atoms. The first-order valence-electron chi connectivity index (χ1n) is 12.3. The largest absolute Gasteiger partial charge is 0.452 e. The number of esters is 1. The first kappa shape index (κ1) is 23.2. The van der Waals surface area contributed by atoms with Gasteiger partial charge in [-0.1, -0.05) is 87.1 Å². The Hall–Kier alpha value is -2.95. The molecule has 2 aliphatic rings. The number of ketones is 1. The Balaban J connectivity index is 1.46. The van der Waals surface area contributed by atoms with Crippen LogP contribution < -0.4 is 0 Å². The van der Waals surface area contributed by atoms with Gasteiger partial charge >= 0.3 is 5.97 Å². The van der Waals surface area contributed by atoms with E-state index in [1.165, 1.54) is 12.8 Å². The molecule has 4 rings (SSSR count). The summed E-state index contributed by atoms with van der Waals surface area (Å²) in [5, 5.41) is 0. The molecule has 2 aromatic rings. The molecule has 2 fully saturated rings. The topological polar surface area (TPSA) is 63.7 Å². The molecule has 0 saturated heterocycles. The number of hydrogen-bond acceptors (Lipinski definition) is 4. The van der Waals surface area contributed by atoms with Crippen molar-refractivity contribution in [2.24, 2.45) is 0 Å². The van der Waals surface area contributed by atoms with Gasteiger partial charge in [0.15, 0.2) is 12.4 Å². The lowest BCUT2D eigenvalue weighted by atomic mass is 9.88. The van der Waals surface area contributed by atoms with Gasteiger partial charge in [-0.2, -0.15) is 0 Å². The highest BCUT2D eigenvalue weighted by Crippen LogP contribution is 2.30. The predicted molar refractivity (Wildman–Crippen MR) is 127 cm³/mol. The minimum Gasteiger partial charge on any atom is -0.452 e. The molecule has 33 heavy (non-hydrogen) atoms. The van der Waals surface area contributed by atoms with Gasteiger partial charge in [0.1, 0.15) is 0 Å². The van der Waals surface area contributed by atoms with Gasteiger partial charge < -0.3 is 9.64 Å². The summed E-state index contributed by atoms with van der Waals surface area (Å²) in [5.74, 6) is -0.968. The normalized spacial score (nSPS) is 17.3. The van der Waals surface area contributed by atoms with Crippen molar-refractivity contribution >= 4 is 17.7 Å². The fourth-order valence-corrected chi connectivity index (χ4v) is 5.31. The summed E-state index contributed by atoms with van der Waals surface area (Å²) in [5.41, 5.74) is 0.994. The Morgan fingerprint density at radius 1 is 0.697 bits per heavy atom. The minimum absolute atomic E-state index is 0.103. The summed E-state index contributed by atoms with van der Waals surface area (Å²) in [6.07, 6.45) is 11.2. The highest BCUT2D eigenvalue weighted by atomic mass is 16.5. The standard InChI is InChI=1S/C28H33NO4/c30-26(29(22-14-6-2-7-15-22)23-16-8-3-9-17-23)20-33-28(32)25-19-11-10-18-24(25)27(31)21-12-4-1-5-13-21/h1,4-5,10-13,18-19,22-23H,2-3,6-9,14-17,20H2. The van der Waals surface area contributed by atoms with E-state index in [0.29, 0.717) is 5.56 Å². The predicted octanol–water partition coefficient (Wildman–Crippen LogP) is 5.57. The Morgan fingerprint density at radius 2 is 1.21 bits per heavy atom. The second-order valence-electron chi connectivity index (χ2n) is 9.20. The van der Waals surface area contributed by atoms with Gasteiger partial charge in [0.2, 0.25) is 0 Å². The van der Waals surface area contributed by atoms with Crippen LogP contribution in [-0.2, 0) is 9.53 Å². The first-order chi connectivity index (χ1) is 16.1. The number of nitrogens with zero attached hydrogens (tertiary/aromatic N) is 1. The van der Waals surface area contributed by atoms with Crippen molar-refractivity contribution in [2.45, 2.75) is 76.3 Å². The van der Waals surface area contributed by atoms with Crippen LogP contribution >= 0.6 is 0 Å². The maximum atomic E-state index is 13.3. The van der Waals surface area contributed by atoms with Gasteiger partial charge in [0, 0.05) is 23.2 Å². The van der Waals surface area contributed by atoms with Gasteiger partial charge in [0.05, 0.1) is 5.56 Å². The number of carbonyl (C=O) groups is 3. The Bertz CT molecular complexity index is 941. The van der Waals surface area contributed by atoms with E-state index < -0.39 is 5.97 Å². The fourth-order valence-electron chi connectivity index (χ4n) is 5.31. The Kier molecular flexibility index (Phi) is 7.92. The van der Waals surface area contributed by atoms with Crippen molar-refractivity contribution < 1.29 is 19.1 Å². The number of ether oxygens (including phenoxy) is 1. The zero-order valence-corrected chi connectivity index (χ0v) is 19.2. The lowest BCUT2D eigenvalue weighted by Gasteiger charge is -2.41. The molecule has 2 saturated carbocycles. The molecule has 2 aliphatic carbocycles. The highest BCUT2D eigenvalue weighted by Gasteiger charge is 2.33. The Morgan fingerprint density at radius 3 is 1.79 bits per heavy atom. The van der Waals surface area contributed by atoms with Gasteiger partial charge in [-0.05, 0) is 31.7 Å². The summed E-state index contributed by atoms with van der Waals surface area (Å²) in [6.45, 7) is -0.278. The van der Waals surface area contributed by atoms with E-state index in [1.54, 1.807) is 48.5 Å². The van der Waals surface area contributed by atoms with Gasteiger partial charge in [0.25, 0.3) is 5.91 Å². The van der Waals surface area contributed by atoms with Crippen molar-refractivity contribution in [3.05, 3.63) is 71.3 Å². The summed E-state index contributed by atoms with van der Waals surface area (Å²) in [7, 11) is 0. The van der Waals surface area contributed by atoms with E-state index >= 15 is 0 Å². The van der Waals surface area contributed by atoms with E-state index in [2.05, 4.69) is 0 Å². The summed E-state index contributed by atoms with van der Waals surface area (Å²) < 4.78 is 5.50. The zero-order valence-electron chi connectivity index (χ0n) is 19.2. The molecule has 0 unspecified atom stereocenters. The van der Waals surface area contributed by atoms with Crippen LogP contribution in [-0.4, -0.2) is 41.3 Å². The molecule has 5 nitrogen and oxygen atoms in total. The molecule has 5 heteroatoms. The first-order valence-corrected chi connectivity index (χ1v) is 12.3. The van der Waals surface area contributed by atoms with Crippen LogP contribution in [0.2, 0.25) is 0 Å². The number of hydrogen-bond donors (Lipinski definition) is 0. The summed E-state index contributed by atoms with van der Waals surface area (Å²) >= 11 is 0. The van der Waals surface area contributed by atoms with Gasteiger partial charge in [-0.3, -0.25) is 9.59 Å². The van der Waals surface area contributed by atoms with E-state index in [0.717, 1.165) is 51.4 Å². The number of carbonyl (C=O) groups excluding carboxylic acids is 3. The van der Waals surface area contributed by atoms with Crippen molar-refractivity contribution in [3.63, 3.8) is 0 Å². The van der Waals surface area contributed by atoms with Crippen LogP contribution in [0.3, 0.4) is 0 Å². The van der Waals surface area contributed by atoms with Crippen molar-refractivity contribution in [2.75, 3.05) is 6.61 Å². The van der Waals surface area contributed by atoms with E-state index in [1.807, 2.05) is 11.0 Å².